The summed E-state index contributed by atoms with van der Waals surface area (Å²) in [4.78, 5) is 4.94. The molecule has 0 spiro atoms. The topological polar surface area (TPSA) is 18.5 Å². The lowest BCUT2D eigenvalue weighted by atomic mass is 9.94. The Morgan fingerprint density at radius 3 is 2.88 bits per heavy atom. The molecule has 0 aromatic heterocycles. The van der Waals surface area contributed by atoms with Crippen LogP contribution in [0.25, 0.3) is 0 Å². The van der Waals surface area contributed by atoms with Gasteiger partial charge in [0.2, 0.25) is 0 Å². The third kappa shape index (κ3) is 5.83. The molecule has 0 aromatic carbocycles. The molecule has 1 aliphatic rings. The van der Waals surface area contributed by atoms with E-state index in [4.69, 9.17) is 0 Å². The Balaban J connectivity index is 2.12. The van der Waals surface area contributed by atoms with Gasteiger partial charge in [0.1, 0.15) is 0 Å². The van der Waals surface area contributed by atoms with Crippen molar-refractivity contribution in [1.82, 2.24) is 15.1 Å². The third-order valence-electron chi connectivity index (χ3n) is 3.49. The van der Waals surface area contributed by atoms with Crippen LogP contribution in [0.1, 0.15) is 25.7 Å². The summed E-state index contributed by atoms with van der Waals surface area (Å²) in [7, 11) is 6.37. The minimum Gasteiger partial charge on any atom is -0.320 e. The van der Waals surface area contributed by atoms with Crippen molar-refractivity contribution >= 4 is 0 Å². The fourth-order valence-electron chi connectivity index (χ4n) is 2.55. The third-order valence-corrected chi connectivity index (χ3v) is 3.49. The van der Waals surface area contributed by atoms with E-state index in [0.717, 1.165) is 5.92 Å². The first-order valence-corrected chi connectivity index (χ1v) is 6.74. The Hall–Kier alpha value is -0.120. The SMILES string of the molecule is CNCCC1CCCN(CCCN(C)C)C1. The second kappa shape index (κ2) is 8.04. The zero-order chi connectivity index (χ0) is 11.8. The van der Waals surface area contributed by atoms with Gasteiger partial charge >= 0.3 is 0 Å². The molecule has 1 atom stereocenters. The molecule has 1 fully saturated rings. The highest BCUT2D eigenvalue weighted by molar-refractivity contribution is 4.73. The Morgan fingerprint density at radius 2 is 2.19 bits per heavy atom. The summed E-state index contributed by atoms with van der Waals surface area (Å²) in [5.74, 6) is 0.931. The van der Waals surface area contributed by atoms with E-state index in [2.05, 4.69) is 36.3 Å². The van der Waals surface area contributed by atoms with Gasteiger partial charge in [0.15, 0.2) is 0 Å². The van der Waals surface area contributed by atoms with Crippen LogP contribution in [0.4, 0.5) is 0 Å². The van der Waals surface area contributed by atoms with Gasteiger partial charge < -0.3 is 15.1 Å². The van der Waals surface area contributed by atoms with E-state index < -0.39 is 0 Å². The van der Waals surface area contributed by atoms with Crippen molar-refractivity contribution in [3.05, 3.63) is 0 Å². The molecule has 1 saturated heterocycles. The number of piperidine rings is 1. The van der Waals surface area contributed by atoms with Gasteiger partial charge in [0, 0.05) is 6.54 Å². The van der Waals surface area contributed by atoms with E-state index in [1.165, 1.54) is 58.4 Å². The summed E-state index contributed by atoms with van der Waals surface area (Å²) in [6.45, 7) is 6.33. The molecule has 1 heterocycles. The number of nitrogens with one attached hydrogen (secondary N) is 1. The second-order valence-corrected chi connectivity index (χ2v) is 5.36. The molecule has 0 radical (unpaired) electrons. The maximum absolute atomic E-state index is 3.26. The smallest absolute Gasteiger partial charge is 0.00101 e. The molecular formula is C13H29N3. The molecule has 0 amide bonds. The summed E-state index contributed by atoms with van der Waals surface area (Å²) < 4.78 is 0. The van der Waals surface area contributed by atoms with Crippen LogP contribution in [-0.2, 0) is 0 Å². The zero-order valence-electron chi connectivity index (χ0n) is 11.3. The molecular weight excluding hydrogens is 198 g/mol. The largest absolute Gasteiger partial charge is 0.320 e. The van der Waals surface area contributed by atoms with Gasteiger partial charge in [-0.2, -0.15) is 0 Å². The van der Waals surface area contributed by atoms with Crippen LogP contribution in [0.5, 0.6) is 0 Å². The van der Waals surface area contributed by atoms with Crippen LogP contribution in [0, 0.1) is 5.92 Å². The van der Waals surface area contributed by atoms with Crippen LogP contribution < -0.4 is 5.32 Å². The number of hydrogen-bond acceptors (Lipinski definition) is 3. The van der Waals surface area contributed by atoms with Crippen LogP contribution in [0.3, 0.4) is 0 Å². The van der Waals surface area contributed by atoms with E-state index in [1.807, 2.05) is 0 Å². The van der Waals surface area contributed by atoms with Crippen molar-refractivity contribution in [1.29, 1.82) is 0 Å². The highest BCUT2D eigenvalue weighted by Crippen LogP contribution is 2.19. The van der Waals surface area contributed by atoms with Gasteiger partial charge in [0.25, 0.3) is 0 Å². The van der Waals surface area contributed by atoms with Crippen molar-refractivity contribution in [2.24, 2.45) is 5.92 Å². The number of likely N-dealkylation sites (tertiary alicyclic amines) is 1. The molecule has 0 saturated carbocycles. The van der Waals surface area contributed by atoms with Crippen molar-refractivity contribution in [3.8, 4) is 0 Å². The van der Waals surface area contributed by atoms with E-state index >= 15 is 0 Å². The molecule has 3 nitrogen and oxygen atoms in total. The lowest BCUT2D eigenvalue weighted by Gasteiger charge is -2.33. The molecule has 1 rings (SSSR count). The lowest BCUT2D eigenvalue weighted by Crippen LogP contribution is -2.37. The predicted octanol–water partition coefficient (Wildman–Crippen LogP) is 1.26. The van der Waals surface area contributed by atoms with Gasteiger partial charge in [-0.05, 0) is 78.9 Å². The van der Waals surface area contributed by atoms with Gasteiger partial charge in [-0.15, -0.1) is 0 Å². The number of hydrogen-bond donors (Lipinski definition) is 1. The van der Waals surface area contributed by atoms with Crippen molar-refractivity contribution in [2.45, 2.75) is 25.7 Å². The Kier molecular flexibility index (Phi) is 7.01. The summed E-state index contributed by atoms with van der Waals surface area (Å²) in [5.41, 5.74) is 0. The normalized spacial score (nSPS) is 22.9. The van der Waals surface area contributed by atoms with E-state index in [-0.39, 0.29) is 0 Å². The fraction of sp³-hybridized carbons (Fsp3) is 1.00. The van der Waals surface area contributed by atoms with E-state index in [0.29, 0.717) is 0 Å². The highest BCUT2D eigenvalue weighted by Gasteiger charge is 2.18. The molecule has 0 aliphatic carbocycles. The summed E-state index contributed by atoms with van der Waals surface area (Å²) in [6, 6.07) is 0. The molecule has 1 N–H and O–H groups in total. The monoisotopic (exact) mass is 227 g/mol. The van der Waals surface area contributed by atoms with Crippen LogP contribution in [0.15, 0.2) is 0 Å². The molecule has 1 unspecified atom stereocenters. The van der Waals surface area contributed by atoms with Crippen molar-refractivity contribution in [2.75, 3.05) is 53.9 Å². The van der Waals surface area contributed by atoms with Crippen LogP contribution in [-0.4, -0.2) is 63.7 Å². The first kappa shape index (κ1) is 13.9. The molecule has 96 valence electrons. The molecule has 0 aromatic rings. The molecule has 1 aliphatic heterocycles. The van der Waals surface area contributed by atoms with E-state index in [1.54, 1.807) is 0 Å². The lowest BCUT2D eigenvalue weighted by molar-refractivity contribution is 0.163. The highest BCUT2D eigenvalue weighted by atomic mass is 15.1. The van der Waals surface area contributed by atoms with Gasteiger partial charge in [-0.1, -0.05) is 0 Å². The zero-order valence-corrected chi connectivity index (χ0v) is 11.3. The second-order valence-electron chi connectivity index (χ2n) is 5.36. The van der Waals surface area contributed by atoms with Gasteiger partial charge in [-0.25, -0.2) is 0 Å². The van der Waals surface area contributed by atoms with Gasteiger partial charge in [-0.3, -0.25) is 0 Å². The predicted molar refractivity (Wildman–Crippen MR) is 70.9 cm³/mol. The summed E-state index contributed by atoms with van der Waals surface area (Å²) >= 11 is 0. The molecule has 3 heteroatoms. The Morgan fingerprint density at radius 1 is 1.38 bits per heavy atom. The summed E-state index contributed by atoms with van der Waals surface area (Å²) in [6.07, 6.45) is 5.49. The fourth-order valence-corrected chi connectivity index (χ4v) is 2.55. The van der Waals surface area contributed by atoms with Crippen molar-refractivity contribution < 1.29 is 0 Å². The molecule has 0 bridgehead atoms. The van der Waals surface area contributed by atoms with E-state index in [9.17, 15) is 0 Å². The molecule has 16 heavy (non-hydrogen) atoms. The first-order chi connectivity index (χ1) is 7.72. The first-order valence-electron chi connectivity index (χ1n) is 6.74. The van der Waals surface area contributed by atoms with Crippen LogP contribution >= 0.6 is 0 Å². The Bertz CT molecular complexity index is 171. The maximum Gasteiger partial charge on any atom is 0.00101 e. The van der Waals surface area contributed by atoms with Crippen molar-refractivity contribution in [3.63, 3.8) is 0 Å². The summed E-state index contributed by atoms with van der Waals surface area (Å²) in [5, 5.41) is 3.26. The van der Waals surface area contributed by atoms with Gasteiger partial charge in [0.05, 0.1) is 0 Å². The quantitative estimate of drug-likeness (QED) is 0.706. The maximum atomic E-state index is 3.26. The Labute approximate surface area is 101 Å². The number of nitrogens with zero attached hydrogens (tertiary/aromatic N) is 2. The minimum absolute atomic E-state index is 0.931. The minimum atomic E-state index is 0.931. The average Bonchev–Trinajstić information content (AvgIpc) is 2.26. The van der Waals surface area contributed by atoms with Crippen LogP contribution in [0.2, 0.25) is 0 Å². The number of rotatable bonds is 7. The standard InChI is InChI=1S/C13H29N3/c1-14-8-7-13-6-4-10-16(12-13)11-5-9-15(2)3/h13-14H,4-12H2,1-3H3. The average molecular weight is 227 g/mol.